The van der Waals surface area contributed by atoms with E-state index < -0.39 is 0 Å². The maximum atomic E-state index is 4.54. The van der Waals surface area contributed by atoms with Crippen LogP contribution in [0.15, 0.2) is 54.0 Å². The van der Waals surface area contributed by atoms with Gasteiger partial charge in [-0.3, -0.25) is 0 Å². The number of rotatable bonds is 4. The quantitative estimate of drug-likeness (QED) is 0.745. The molecule has 2 aromatic heterocycles. The zero-order valence-corrected chi connectivity index (χ0v) is 10.6. The van der Waals surface area contributed by atoms with E-state index in [0.717, 1.165) is 23.1 Å². The Balaban J connectivity index is 1.68. The minimum atomic E-state index is 0.804. The number of benzene rings is 1. The topological polar surface area (TPSA) is 40.7 Å². The van der Waals surface area contributed by atoms with Crippen molar-refractivity contribution < 1.29 is 0 Å². The van der Waals surface area contributed by atoms with Crippen molar-refractivity contribution in [3.8, 4) is 11.4 Å². The van der Waals surface area contributed by atoms with E-state index in [-0.39, 0.29) is 0 Å². The summed E-state index contributed by atoms with van der Waals surface area (Å²) in [6.45, 7) is 0.804. The summed E-state index contributed by atoms with van der Waals surface area (Å²) >= 11 is 1.62. The summed E-state index contributed by atoms with van der Waals surface area (Å²) in [7, 11) is 0. The van der Waals surface area contributed by atoms with Gasteiger partial charge in [-0.2, -0.15) is 0 Å². The number of aromatic nitrogens is 2. The van der Waals surface area contributed by atoms with Gasteiger partial charge in [-0.15, -0.1) is 11.3 Å². The van der Waals surface area contributed by atoms with Crippen molar-refractivity contribution in [3.63, 3.8) is 0 Å². The van der Waals surface area contributed by atoms with Crippen molar-refractivity contribution in [3.05, 3.63) is 59.6 Å². The largest absolute Gasteiger partial charge is 0.360 e. The van der Waals surface area contributed by atoms with Crippen LogP contribution in [0.4, 0.5) is 5.13 Å². The maximum Gasteiger partial charge on any atom is 0.183 e. The van der Waals surface area contributed by atoms with E-state index in [4.69, 9.17) is 0 Å². The summed E-state index contributed by atoms with van der Waals surface area (Å²) in [5, 5.41) is 6.34. The van der Waals surface area contributed by atoms with Crippen LogP contribution in [0.25, 0.3) is 11.4 Å². The molecule has 90 valence electrons. The highest BCUT2D eigenvalue weighted by molar-refractivity contribution is 7.14. The Labute approximate surface area is 110 Å². The molecule has 0 spiro atoms. The van der Waals surface area contributed by atoms with E-state index in [1.54, 1.807) is 11.3 Å². The number of nitrogens with one attached hydrogen (secondary N) is 2. The molecule has 1 aromatic carbocycles. The predicted molar refractivity (Wildman–Crippen MR) is 75.7 cm³/mol. The lowest BCUT2D eigenvalue weighted by Gasteiger charge is -2.01. The molecule has 3 rings (SSSR count). The highest BCUT2D eigenvalue weighted by atomic mass is 32.1. The van der Waals surface area contributed by atoms with Crippen LogP contribution >= 0.6 is 11.3 Å². The molecule has 4 heteroatoms. The summed E-state index contributed by atoms with van der Waals surface area (Å²) < 4.78 is 0. The number of thiazole rings is 1. The second-order valence-electron chi connectivity index (χ2n) is 3.96. The van der Waals surface area contributed by atoms with Crippen molar-refractivity contribution in [2.24, 2.45) is 0 Å². The van der Waals surface area contributed by atoms with Crippen LogP contribution < -0.4 is 5.32 Å². The van der Waals surface area contributed by atoms with E-state index in [9.17, 15) is 0 Å². The molecule has 0 aliphatic rings. The van der Waals surface area contributed by atoms with Gasteiger partial charge in [0.1, 0.15) is 0 Å². The number of anilines is 1. The smallest absolute Gasteiger partial charge is 0.183 e. The van der Waals surface area contributed by atoms with Gasteiger partial charge in [-0.05, 0) is 17.7 Å². The first kappa shape index (κ1) is 11.0. The number of H-pyrrole nitrogens is 1. The second kappa shape index (κ2) is 5.06. The van der Waals surface area contributed by atoms with Crippen molar-refractivity contribution in [2.45, 2.75) is 6.54 Å². The lowest BCUT2D eigenvalue weighted by atomic mass is 10.2. The third-order valence-corrected chi connectivity index (χ3v) is 3.46. The van der Waals surface area contributed by atoms with Crippen molar-refractivity contribution in [1.29, 1.82) is 0 Å². The summed E-state index contributed by atoms with van der Waals surface area (Å²) in [4.78, 5) is 7.70. The first-order valence-electron chi connectivity index (χ1n) is 5.79. The monoisotopic (exact) mass is 255 g/mol. The van der Waals surface area contributed by atoms with Crippen molar-refractivity contribution >= 4 is 16.5 Å². The number of hydrogen-bond donors (Lipinski definition) is 2. The maximum absolute atomic E-state index is 4.54. The molecule has 18 heavy (non-hydrogen) atoms. The normalized spacial score (nSPS) is 10.4. The van der Waals surface area contributed by atoms with Crippen molar-refractivity contribution in [2.75, 3.05) is 5.32 Å². The molecule has 0 atom stereocenters. The predicted octanol–water partition coefficient (Wildman–Crippen LogP) is 3.75. The molecule has 0 unspecified atom stereocenters. The molecule has 0 aliphatic heterocycles. The lowest BCUT2D eigenvalue weighted by Crippen LogP contribution is -1.98. The van der Waals surface area contributed by atoms with E-state index in [0.29, 0.717) is 0 Å². The fraction of sp³-hybridized carbons (Fsp3) is 0.0714. The molecule has 0 aliphatic carbocycles. The fourth-order valence-electron chi connectivity index (χ4n) is 1.74. The molecule has 0 bridgehead atoms. The van der Waals surface area contributed by atoms with Gasteiger partial charge in [0.2, 0.25) is 0 Å². The highest BCUT2D eigenvalue weighted by Crippen LogP contribution is 2.23. The summed E-state index contributed by atoms with van der Waals surface area (Å²) in [5.41, 5.74) is 3.30. The van der Waals surface area contributed by atoms with Crippen LogP contribution in [-0.2, 0) is 6.54 Å². The Morgan fingerprint density at radius 2 is 2.00 bits per heavy atom. The van der Waals surface area contributed by atoms with Crippen LogP contribution in [0.5, 0.6) is 0 Å². The lowest BCUT2D eigenvalue weighted by molar-refractivity contribution is 1.13. The van der Waals surface area contributed by atoms with Gasteiger partial charge in [0, 0.05) is 18.1 Å². The Morgan fingerprint density at radius 1 is 1.11 bits per heavy atom. The van der Waals surface area contributed by atoms with Gasteiger partial charge in [-0.25, -0.2) is 4.98 Å². The Hall–Kier alpha value is -2.07. The van der Waals surface area contributed by atoms with Gasteiger partial charge < -0.3 is 10.3 Å². The number of nitrogens with zero attached hydrogens (tertiary/aromatic N) is 1. The molecule has 0 saturated carbocycles. The Kier molecular flexibility index (Phi) is 3.10. The second-order valence-corrected chi connectivity index (χ2v) is 4.82. The zero-order valence-electron chi connectivity index (χ0n) is 9.76. The molecule has 0 amide bonds. The zero-order chi connectivity index (χ0) is 12.2. The minimum Gasteiger partial charge on any atom is -0.360 e. The molecular weight excluding hydrogens is 242 g/mol. The Bertz CT molecular complexity index is 599. The van der Waals surface area contributed by atoms with E-state index >= 15 is 0 Å². The molecule has 2 heterocycles. The third-order valence-electron chi connectivity index (χ3n) is 2.66. The van der Waals surface area contributed by atoms with Crippen LogP contribution in [0, 0.1) is 0 Å². The van der Waals surface area contributed by atoms with Gasteiger partial charge in [0.25, 0.3) is 0 Å². The Morgan fingerprint density at radius 3 is 2.78 bits per heavy atom. The van der Waals surface area contributed by atoms with Gasteiger partial charge >= 0.3 is 0 Å². The van der Waals surface area contributed by atoms with E-state index in [1.165, 1.54) is 5.56 Å². The molecule has 0 radical (unpaired) electrons. The summed E-state index contributed by atoms with van der Waals surface area (Å²) in [5.74, 6) is 0. The molecule has 3 aromatic rings. The standard InChI is InChI=1S/C14H13N3S/c1-2-5-11(6-3-1)9-16-14-17-13(10-18-14)12-7-4-8-15-12/h1-8,10,15H,9H2,(H,16,17). The molecule has 2 N–H and O–H groups in total. The van der Waals surface area contributed by atoms with Gasteiger partial charge in [0.05, 0.1) is 11.4 Å². The average molecular weight is 255 g/mol. The first-order chi connectivity index (χ1) is 8.92. The fourth-order valence-corrected chi connectivity index (χ4v) is 2.45. The third kappa shape index (κ3) is 2.43. The average Bonchev–Trinajstić information content (AvgIpc) is 3.08. The molecular formula is C14H13N3S. The van der Waals surface area contributed by atoms with Crippen LogP contribution in [0.1, 0.15) is 5.56 Å². The highest BCUT2D eigenvalue weighted by Gasteiger charge is 2.04. The summed E-state index contributed by atoms with van der Waals surface area (Å²) in [6.07, 6.45) is 1.91. The number of aromatic amines is 1. The van der Waals surface area contributed by atoms with Crippen LogP contribution in [0.3, 0.4) is 0 Å². The van der Waals surface area contributed by atoms with Gasteiger partial charge in [0.15, 0.2) is 5.13 Å². The first-order valence-corrected chi connectivity index (χ1v) is 6.67. The van der Waals surface area contributed by atoms with Crippen molar-refractivity contribution in [1.82, 2.24) is 9.97 Å². The molecule has 0 fully saturated rings. The van der Waals surface area contributed by atoms with E-state index in [1.807, 2.05) is 36.5 Å². The van der Waals surface area contributed by atoms with Crippen LogP contribution in [-0.4, -0.2) is 9.97 Å². The molecule has 3 nitrogen and oxygen atoms in total. The number of hydrogen-bond acceptors (Lipinski definition) is 3. The summed E-state index contributed by atoms with van der Waals surface area (Å²) in [6, 6.07) is 14.3. The van der Waals surface area contributed by atoms with Gasteiger partial charge in [-0.1, -0.05) is 30.3 Å². The molecule has 0 saturated heterocycles. The van der Waals surface area contributed by atoms with Crippen LogP contribution in [0.2, 0.25) is 0 Å². The SMILES string of the molecule is c1ccc(CNc2nc(-c3ccc[nH]3)cs2)cc1. The minimum absolute atomic E-state index is 0.804. The van der Waals surface area contributed by atoms with E-state index in [2.05, 4.69) is 32.8 Å².